The number of nitrogens with zero attached hydrogens (tertiary/aromatic N) is 2. The Hall–Kier alpha value is -1.84. The van der Waals surface area contributed by atoms with Crippen molar-refractivity contribution in [1.82, 2.24) is 9.55 Å². The van der Waals surface area contributed by atoms with E-state index < -0.39 is 0 Å². The molecule has 1 N–H and O–H groups in total. The highest BCUT2D eigenvalue weighted by Crippen LogP contribution is 2.27. The summed E-state index contributed by atoms with van der Waals surface area (Å²) < 4.78 is 1.71. The molecule has 2 aromatic rings. The van der Waals surface area contributed by atoms with Gasteiger partial charge in [-0.3, -0.25) is 4.57 Å². The molecule has 0 saturated carbocycles. The van der Waals surface area contributed by atoms with Crippen LogP contribution in [0.5, 0.6) is 0 Å². The number of benzene rings is 1. The second kappa shape index (κ2) is 3.07. The van der Waals surface area contributed by atoms with E-state index in [-0.39, 0.29) is 5.69 Å². The first-order valence-corrected chi connectivity index (χ1v) is 5.42. The zero-order chi connectivity index (χ0) is 11.3. The van der Waals surface area contributed by atoms with Crippen LogP contribution in [0.3, 0.4) is 0 Å². The van der Waals surface area contributed by atoms with Gasteiger partial charge in [0, 0.05) is 18.5 Å². The van der Waals surface area contributed by atoms with Crippen LogP contribution in [0.4, 0.5) is 5.82 Å². The van der Waals surface area contributed by atoms with Crippen LogP contribution in [0, 0.1) is 13.8 Å². The van der Waals surface area contributed by atoms with Gasteiger partial charge in [-0.15, -0.1) is 0 Å². The maximum atomic E-state index is 11.8. The summed E-state index contributed by atoms with van der Waals surface area (Å²) in [5.74, 6) is 0.924. The molecule has 82 valence electrons. The molecule has 2 heterocycles. The van der Waals surface area contributed by atoms with Gasteiger partial charge in [0.05, 0.1) is 5.52 Å². The third-order valence-electron chi connectivity index (χ3n) is 3.04. The Bertz CT molecular complexity index is 643. The second-order valence-corrected chi connectivity index (χ2v) is 4.30. The lowest BCUT2D eigenvalue weighted by Crippen LogP contribution is -2.21. The van der Waals surface area contributed by atoms with Crippen LogP contribution in [0.15, 0.2) is 16.9 Å². The lowest BCUT2D eigenvalue weighted by molar-refractivity contribution is 0.750. The number of rotatable bonds is 0. The van der Waals surface area contributed by atoms with Gasteiger partial charge in [0.1, 0.15) is 5.82 Å². The van der Waals surface area contributed by atoms with Crippen LogP contribution >= 0.6 is 0 Å². The van der Waals surface area contributed by atoms with Crippen LogP contribution in [-0.2, 0) is 6.54 Å². The smallest absolute Gasteiger partial charge is 0.349 e. The zero-order valence-corrected chi connectivity index (χ0v) is 9.37. The van der Waals surface area contributed by atoms with Crippen LogP contribution in [-0.4, -0.2) is 16.1 Å². The Morgan fingerprint density at radius 1 is 1.38 bits per heavy atom. The van der Waals surface area contributed by atoms with Gasteiger partial charge in [-0.1, -0.05) is 6.07 Å². The van der Waals surface area contributed by atoms with E-state index in [1.54, 1.807) is 4.57 Å². The molecule has 1 aliphatic heterocycles. The van der Waals surface area contributed by atoms with Gasteiger partial charge in [0.25, 0.3) is 0 Å². The molecule has 0 spiro atoms. The molecule has 0 amide bonds. The summed E-state index contributed by atoms with van der Waals surface area (Å²) in [7, 11) is 0. The van der Waals surface area contributed by atoms with Crippen molar-refractivity contribution in [1.29, 1.82) is 0 Å². The number of hydrogen-bond acceptors (Lipinski definition) is 3. The quantitative estimate of drug-likeness (QED) is 0.723. The number of anilines is 1. The summed E-state index contributed by atoms with van der Waals surface area (Å²) >= 11 is 0. The monoisotopic (exact) mass is 215 g/mol. The van der Waals surface area contributed by atoms with Gasteiger partial charge in [0.2, 0.25) is 0 Å². The highest BCUT2D eigenvalue weighted by molar-refractivity contribution is 5.93. The fourth-order valence-electron chi connectivity index (χ4n) is 2.41. The Labute approximate surface area is 92.9 Å². The van der Waals surface area contributed by atoms with Gasteiger partial charge in [-0.05, 0) is 31.0 Å². The first kappa shape index (κ1) is 9.39. The van der Waals surface area contributed by atoms with Crippen LogP contribution in [0.25, 0.3) is 10.9 Å². The first-order valence-electron chi connectivity index (χ1n) is 5.42. The van der Waals surface area contributed by atoms with Gasteiger partial charge in [0.15, 0.2) is 0 Å². The summed E-state index contributed by atoms with van der Waals surface area (Å²) in [4.78, 5) is 15.9. The molecular formula is C12H13N3O. The van der Waals surface area contributed by atoms with Gasteiger partial charge in [-0.25, -0.2) is 4.79 Å². The molecule has 4 nitrogen and oxygen atoms in total. The third kappa shape index (κ3) is 1.16. The summed E-state index contributed by atoms with van der Waals surface area (Å²) in [6, 6.07) is 4.08. The van der Waals surface area contributed by atoms with Crippen molar-refractivity contribution in [2.45, 2.75) is 20.4 Å². The van der Waals surface area contributed by atoms with Crippen LogP contribution < -0.4 is 11.0 Å². The van der Waals surface area contributed by atoms with Crippen molar-refractivity contribution in [3.63, 3.8) is 0 Å². The van der Waals surface area contributed by atoms with Gasteiger partial charge in [-0.2, -0.15) is 4.98 Å². The minimum atomic E-state index is -0.155. The Morgan fingerprint density at radius 3 is 3.00 bits per heavy atom. The summed E-state index contributed by atoms with van der Waals surface area (Å²) in [5, 5.41) is 4.34. The average Bonchev–Trinajstić information content (AvgIpc) is 2.65. The number of aryl methyl sites for hydroxylation is 2. The molecule has 0 fully saturated rings. The Kier molecular flexibility index (Phi) is 1.80. The lowest BCUT2D eigenvalue weighted by atomic mass is 10.1. The maximum Gasteiger partial charge on any atom is 0.349 e. The SMILES string of the molecule is Cc1cc(C)c2c3n(c(=O)nc2c1)CCN3. The number of aromatic nitrogens is 2. The van der Waals surface area contributed by atoms with Crippen LogP contribution in [0.1, 0.15) is 11.1 Å². The summed E-state index contributed by atoms with van der Waals surface area (Å²) in [6.45, 7) is 5.60. The molecule has 1 aromatic carbocycles. The third-order valence-corrected chi connectivity index (χ3v) is 3.04. The molecule has 0 bridgehead atoms. The molecule has 4 heteroatoms. The van der Waals surface area contributed by atoms with E-state index in [1.165, 1.54) is 5.56 Å². The van der Waals surface area contributed by atoms with E-state index in [1.807, 2.05) is 13.0 Å². The summed E-state index contributed by atoms with van der Waals surface area (Å²) in [6.07, 6.45) is 0. The molecular weight excluding hydrogens is 202 g/mol. The molecule has 1 aliphatic rings. The molecule has 16 heavy (non-hydrogen) atoms. The Balaban J connectivity index is 2.53. The zero-order valence-electron chi connectivity index (χ0n) is 9.37. The minimum Gasteiger partial charge on any atom is -0.369 e. The number of fused-ring (bicyclic) bond motifs is 3. The minimum absolute atomic E-state index is 0.155. The number of hydrogen-bond donors (Lipinski definition) is 1. The normalized spacial score (nSPS) is 13.9. The van der Waals surface area contributed by atoms with E-state index >= 15 is 0 Å². The molecule has 1 aromatic heterocycles. The van der Waals surface area contributed by atoms with E-state index in [2.05, 4.69) is 23.3 Å². The van der Waals surface area contributed by atoms with Crippen LogP contribution in [0.2, 0.25) is 0 Å². The Morgan fingerprint density at radius 2 is 2.19 bits per heavy atom. The second-order valence-electron chi connectivity index (χ2n) is 4.30. The van der Waals surface area contributed by atoms with Gasteiger partial charge >= 0.3 is 5.69 Å². The predicted molar refractivity (Wildman–Crippen MR) is 64.0 cm³/mol. The molecule has 0 atom stereocenters. The fraction of sp³-hybridized carbons (Fsp3) is 0.333. The van der Waals surface area contributed by atoms with E-state index in [4.69, 9.17) is 0 Å². The number of nitrogens with one attached hydrogen (secondary N) is 1. The standard InChI is InChI=1S/C12H13N3O/c1-7-5-8(2)10-9(6-7)14-12(16)15-4-3-13-11(10)15/h5-6,13H,3-4H2,1-2H3. The van der Waals surface area contributed by atoms with Crippen molar-refractivity contribution in [2.24, 2.45) is 0 Å². The highest BCUT2D eigenvalue weighted by atomic mass is 16.1. The highest BCUT2D eigenvalue weighted by Gasteiger charge is 2.17. The molecule has 3 rings (SSSR count). The van der Waals surface area contributed by atoms with E-state index in [0.29, 0.717) is 6.54 Å². The maximum absolute atomic E-state index is 11.8. The average molecular weight is 215 g/mol. The van der Waals surface area contributed by atoms with Gasteiger partial charge < -0.3 is 5.32 Å². The van der Waals surface area contributed by atoms with E-state index in [9.17, 15) is 4.79 Å². The van der Waals surface area contributed by atoms with Crippen molar-refractivity contribution >= 4 is 16.7 Å². The van der Waals surface area contributed by atoms with Crippen molar-refractivity contribution < 1.29 is 0 Å². The van der Waals surface area contributed by atoms with Crippen molar-refractivity contribution in [2.75, 3.05) is 11.9 Å². The topological polar surface area (TPSA) is 46.9 Å². The lowest BCUT2D eigenvalue weighted by Gasteiger charge is -2.09. The van der Waals surface area contributed by atoms with E-state index in [0.717, 1.165) is 28.8 Å². The predicted octanol–water partition coefficient (Wildman–Crippen LogP) is 1.44. The van der Waals surface area contributed by atoms with Crippen molar-refractivity contribution in [3.8, 4) is 0 Å². The first-order chi connectivity index (χ1) is 7.66. The molecule has 0 aliphatic carbocycles. The largest absolute Gasteiger partial charge is 0.369 e. The molecule has 0 unspecified atom stereocenters. The molecule has 0 saturated heterocycles. The molecule has 0 radical (unpaired) electrons. The summed E-state index contributed by atoms with van der Waals surface area (Å²) in [5.41, 5.74) is 2.95. The van der Waals surface area contributed by atoms with Crippen molar-refractivity contribution in [3.05, 3.63) is 33.7 Å². The fourth-order valence-corrected chi connectivity index (χ4v) is 2.41.